The molecular weight excluding hydrogens is 368 g/mol. The largest absolute Gasteiger partial charge is 0.340 e. The molecular formula is C20H23ClN2O2S. The zero-order valence-corrected chi connectivity index (χ0v) is 16.7. The van der Waals surface area contributed by atoms with E-state index in [9.17, 15) is 9.59 Å². The summed E-state index contributed by atoms with van der Waals surface area (Å²) in [6.45, 7) is 3.96. The molecule has 2 rings (SSSR count). The Morgan fingerprint density at radius 1 is 1.12 bits per heavy atom. The van der Waals surface area contributed by atoms with Crippen LogP contribution in [0.5, 0.6) is 0 Å². The molecule has 0 radical (unpaired) electrons. The van der Waals surface area contributed by atoms with Crippen LogP contribution in [0.15, 0.2) is 42.5 Å². The number of hydrogen-bond donors (Lipinski definition) is 2. The maximum absolute atomic E-state index is 12.7. The van der Waals surface area contributed by atoms with E-state index in [4.69, 9.17) is 11.6 Å². The Morgan fingerprint density at radius 3 is 2.38 bits per heavy atom. The number of hydrogen-bond acceptors (Lipinski definition) is 3. The molecule has 0 aliphatic rings. The molecule has 0 aliphatic carbocycles. The number of thioether (sulfide) groups is 1. The fourth-order valence-electron chi connectivity index (χ4n) is 2.66. The summed E-state index contributed by atoms with van der Waals surface area (Å²) >= 11 is 7.71. The standard InChI is InChI=1S/C20H23ClN2O2S/c1-13-10-14(2)12-15(11-13)22-20(25)18(8-9-26-3)23-19(24)16-6-4-5-7-17(16)21/h4-7,10-12,18H,8-9H2,1-3H3,(H,22,25)(H,23,24). The number of carbonyl (C=O) groups excluding carboxylic acids is 2. The third kappa shape index (κ3) is 5.78. The van der Waals surface area contributed by atoms with E-state index in [1.54, 1.807) is 36.0 Å². The molecule has 26 heavy (non-hydrogen) atoms. The lowest BCUT2D eigenvalue weighted by Crippen LogP contribution is -2.44. The van der Waals surface area contributed by atoms with Gasteiger partial charge in [0, 0.05) is 5.69 Å². The minimum Gasteiger partial charge on any atom is -0.340 e. The highest BCUT2D eigenvalue weighted by Gasteiger charge is 2.22. The first-order valence-electron chi connectivity index (χ1n) is 8.34. The Bertz CT molecular complexity index is 775. The maximum atomic E-state index is 12.7. The van der Waals surface area contributed by atoms with Crippen LogP contribution < -0.4 is 10.6 Å². The van der Waals surface area contributed by atoms with Gasteiger partial charge in [0.2, 0.25) is 5.91 Å². The molecule has 0 fully saturated rings. The number of rotatable bonds is 7. The minimum absolute atomic E-state index is 0.232. The summed E-state index contributed by atoms with van der Waals surface area (Å²) in [6.07, 6.45) is 2.50. The van der Waals surface area contributed by atoms with Gasteiger partial charge < -0.3 is 10.6 Å². The number of benzene rings is 2. The van der Waals surface area contributed by atoms with Crippen molar-refractivity contribution in [2.24, 2.45) is 0 Å². The predicted octanol–water partition coefficient (Wildman–Crippen LogP) is 4.45. The van der Waals surface area contributed by atoms with Crippen molar-refractivity contribution in [3.8, 4) is 0 Å². The van der Waals surface area contributed by atoms with Crippen LogP contribution in [0, 0.1) is 13.8 Å². The van der Waals surface area contributed by atoms with Crippen molar-refractivity contribution in [1.29, 1.82) is 0 Å². The third-order valence-electron chi connectivity index (χ3n) is 3.84. The summed E-state index contributed by atoms with van der Waals surface area (Å²) in [5.74, 6) is 0.176. The molecule has 6 heteroatoms. The molecule has 0 aromatic heterocycles. The maximum Gasteiger partial charge on any atom is 0.253 e. The fourth-order valence-corrected chi connectivity index (χ4v) is 3.36. The summed E-state index contributed by atoms with van der Waals surface area (Å²) in [7, 11) is 0. The summed E-state index contributed by atoms with van der Waals surface area (Å²) in [5, 5.41) is 6.08. The average Bonchev–Trinajstić information content (AvgIpc) is 2.57. The van der Waals surface area contributed by atoms with Gasteiger partial charge in [-0.1, -0.05) is 29.8 Å². The number of carbonyl (C=O) groups is 2. The molecule has 2 aromatic carbocycles. The summed E-state index contributed by atoms with van der Waals surface area (Å²) in [4.78, 5) is 25.2. The molecule has 2 amide bonds. The molecule has 1 unspecified atom stereocenters. The van der Waals surface area contributed by atoms with Gasteiger partial charge in [-0.2, -0.15) is 11.8 Å². The number of anilines is 1. The normalized spacial score (nSPS) is 11.7. The summed E-state index contributed by atoms with van der Waals surface area (Å²) in [6, 6.07) is 12.0. The molecule has 0 aliphatic heterocycles. The van der Waals surface area contributed by atoms with E-state index in [2.05, 4.69) is 10.6 Å². The first-order valence-corrected chi connectivity index (χ1v) is 10.1. The summed E-state index contributed by atoms with van der Waals surface area (Å²) in [5.41, 5.74) is 3.23. The summed E-state index contributed by atoms with van der Waals surface area (Å²) < 4.78 is 0. The molecule has 0 saturated heterocycles. The lowest BCUT2D eigenvalue weighted by molar-refractivity contribution is -0.118. The van der Waals surface area contributed by atoms with Crippen LogP contribution in [0.3, 0.4) is 0 Å². The van der Waals surface area contributed by atoms with Gasteiger partial charge in [-0.05, 0) is 67.7 Å². The predicted molar refractivity (Wildman–Crippen MR) is 110 cm³/mol. The van der Waals surface area contributed by atoms with Gasteiger partial charge in [0.05, 0.1) is 10.6 Å². The molecule has 2 N–H and O–H groups in total. The van der Waals surface area contributed by atoms with E-state index in [0.29, 0.717) is 17.0 Å². The van der Waals surface area contributed by atoms with Gasteiger partial charge in [0.25, 0.3) is 5.91 Å². The zero-order chi connectivity index (χ0) is 19.1. The fraction of sp³-hybridized carbons (Fsp3) is 0.300. The van der Waals surface area contributed by atoms with E-state index in [1.807, 2.05) is 38.3 Å². The number of amides is 2. The lowest BCUT2D eigenvalue weighted by atomic mass is 10.1. The lowest BCUT2D eigenvalue weighted by Gasteiger charge is -2.19. The molecule has 0 heterocycles. The number of aryl methyl sites for hydroxylation is 2. The molecule has 2 aromatic rings. The second-order valence-corrected chi connectivity index (χ2v) is 7.55. The van der Waals surface area contributed by atoms with Crippen LogP contribution in [0.2, 0.25) is 5.02 Å². The highest BCUT2D eigenvalue weighted by molar-refractivity contribution is 7.98. The number of halogens is 1. The van der Waals surface area contributed by atoms with Crippen molar-refractivity contribution < 1.29 is 9.59 Å². The average molecular weight is 391 g/mol. The highest BCUT2D eigenvalue weighted by Crippen LogP contribution is 2.17. The van der Waals surface area contributed by atoms with E-state index in [0.717, 1.165) is 22.6 Å². The van der Waals surface area contributed by atoms with Crippen molar-refractivity contribution in [2.75, 3.05) is 17.3 Å². The van der Waals surface area contributed by atoms with Crippen LogP contribution >= 0.6 is 23.4 Å². The molecule has 0 spiro atoms. The van der Waals surface area contributed by atoms with E-state index in [1.165, 1.54) is 0 Å². The highest BCUT2D eigenvalue weighted by atomic mass is 35.5. The van der Waals surface area contributed by atoms with E-state index >= 15 is 0 Å². The minimum atomic E-state index is -0.632. The second kappa shape index (κ2) is 9.64. The van der Waals surface area contributed by atoms with Crippen molar-refractivity contribution in [3.63, 3.8) is 0 Å². The molecule has 0 bridgehead atoms. The smallest absolute Gasteiger partial charge is 0.253 e. The molecule has 1 atom stereocenters. The topological polar surface area (TPSA) is 58.2 Å². The Hall–Kier alpha value is -1.98. The van der Waals surface area contributed by atoms with Gasteiger partial charge >= 0.3 is 0 Å². The second-order valence-electron chi connectivity index (χ2n) is 6.15. The van der Waals surface area contributed by atoms with Crippen molar-refractivity contribution >= 4 is 40.9 Å². The van der Waals surface area contributed by atoms with Crippen LogP contribution in [0.25, 0.3) is 0 Å². The SMILES string of the molecule is CSCCC(NC(=O)c1ccccc1Cl)C(=O)Nc1cc(C)cc(C)c1. The van der Waals surface area contributed by atoms with Gasteiger partial charge in [-0.25, -0.2) is 0 Å². The van der Waals surface area contributed by atoms with Crippen LogP contribution in [0.1, 0.15) is 27.9 Å². The van der Waals surface area contributed by atoms with Gasteiger partial charge in [-0.15, -0.1) is 0 Å². The van der Waals surface area contributed by atoms with Crippen molar-refractivity contribution in [3.05, 3.63) is 64.2 Å². The van der Waals surface area contributed by atoms with Gasteiger partial charge in [0.1, 0.15) is 6.04 Å². The van der Waals surface area contributed by atoms with E-state index in [-0.39, 0.29) is 11.8 Å². The Morgan fingerprint density at radius 2 is 1.77 bits per heavy atom. The quantitative estimate of drug-likeness (QED) is 0.734. The first-order chi connectivity index (χ1) is 12.4. The Labute approximate surface area is 163 Å². The molecule has 4 nitrogen and oxygen atoms in total. The van der Waals surface area contributed by atoms with Crippen molar-refractivity contribution in [1.82, 2.24) is 5.32 Å². The van der Waals surface area contributed by atoms with E-state index < -0.39 is 6.04 Å². The van der Waals surface area contributed by atoms with Crippen molar-refractivity contribution in [2.45, 2.75) is 26.3 Å². The van der Waals surface area contributed by atoms with Crippen LogP contribution in [-0.2, 0) is 4.79 Å². The van der Waals surface area contributed by atoms with Crippen LogP contribution in [0.4, 0.5) is 5.69 Å². The first kappa shape index (κ1) is 20.3. The Kier molecular flexibility index (Phi) is 7.54. The number of nitrogens with one attached hydrogen (secondary N) is 2. The monoisotopic (exact) mass is 390 g/mol. The third-order valence-corrected chi connectivity index (χ3v) is 4.81. The molecule has 138 valence electrons. The zero-order valence-electron chi connectivity index (χ0n) is 15.1. The van der Waals surface area contributed by atoms with Crippen LogP contribution in [-0.4, -0.2) is 29.9 Å². The molecule has 0 saturated carbocycles. The van der Waals surface area contributed by atoms with Gasteiger partial charge in [-0.3, -0.25) is 9.59 Å². The van der Waals surface area contributed by atoms with Gasteiger partial charge in [0.15, 0.2) is 0 Å². The Balaban J connectivity index is 2.13.